The number of sulfonamides is 1. The number of thioether (sulfide) groups is 1. The molecule has 2 fully saturated rings. The highest BCUT2D eigenvalue weighted by atomic mass is 32.2. The molecule has 2 aliphatic heterocycles. The number of carbonyl (C=O) groups is 3. The summed E-state index contributed by atoms with van der Waals surface area (Å²) in [6, 6.07) is 0. The van der Waals surface area contributed by atoms with Gasteiger partial charge in [-0.25, -0.2) is 17.5 Å². The minimum absolute atomic E-state index is 0.0538. The van der Waals surface area contributed by atoms with E-state index in [9.17, 15) is 22.8 Å². The molecule has 3 amide bonds. The molecule has 0 aromatic carbocycles. The van der Waals surface area contributed by atoms with Crippen LogP contribution in [-0.2, 0) is 24.3 Å². The average Bonchev–Trinajstić information content (AvgIpc) is 3.24. The summed E-state index contributed by atoms with van der Waals surface area (Å²) < 4.78 is 30.1. The summed E-state index contributed by atoms with van der Waals surface area (Å²) in [7, 11) is -3.24. The van der Waals surface area contributed by atoms with E-state index in [-0.39, 0.29) is 29.6 Å². The van der Waals surface area contributed by atoms with Gasteiger partial charge in [0.2, 0.25) is 27.0 Å². The highest BCUT2D eigenvalue weighted by Crippen LogP contribution is 2.27. The molecule has 0 aliphatic carbocycles. The van der Waals surface area contributed by atoms with Crippen molar-refractivity contribution in [2.45, 2.75) is 24.1 Å². The SMILES string of the molecule is CCOC(=O)N1CCN(C(=O)CSc2nnc(NC(=O)C3CCN(S(C)(=O)=O)CC3)s2)CC1. The number of ether oxygens (including phenoxy) is 1. The first-order valence-electron chi connectivity index (χ1n) is 10.6. The van der Waals surface area contributed by atoms with Crippen molar-refractivity contribution in [2.75, 3.05) is 63.2 Å². The van der Waals surface area contributed by atoms with E-state index in [2.05, 4.69) is 15.5 Å². The molecule has 0 radical (unpaired) electrons. The molecule has 33 heavy (non-hydrogen) atoms. The van der Waals surface area contributed by atoms with Gasteiger partial charge in [0.05, 0.1) is 18.6 Å². The molecule has 1 aromatic heterocycles. The Morgan fingerprint density at radius 2 is 1.73 bits per heavy atom. The summed E-state index contributed by atoms with van der Waals surface area (Å²) in [4.78, 5) is 40.0. The second kappa shape index (κ2) is 11.4. The lowest BCUT2D eigenvalue weighted by atomic mass is 9.97. The van der Waals surface area contributed by atoms with Crippen LogP contribution in [0.2, 0.25) is 0 Å². The molecule has 0 bridgehead atoms. The summed E-state index contributed by atoms with van der Waals surface area (Å²) in [5.41, 5.74) is 0. The zero-order valence-electron chi connectivity index (χ0n) is 18.6. The molecule has 0 spiro atoms. The molecule has 0 saturated carbocycles. The van der Waals surface area contributed by atoms with Crippen LogP contribution in [0.15, 0.2) is 4.34 Å². The molecule has 1 aromatic rings. The van der Waals surface area contributed by atoms with Crippen LogP contribution in [0.5, 0.6) is 0 Å². The Hall–Kier alpha value is -1.97. The van der Waals surface area contributed by atoms with Crippen molar-refractivity contribution in [1.82, 2.24) is 24.3 Å². The van der Waals surface area contributed by atoms with E-state index in [0.29, 0.717) is 68.2 Å². The van der Waals surface area contributed by atoms with E-state index in [1.807, 2.05) is 0 Å². The third-order valence-corrected chi connectivity index (χ3v) is 8.67. The minimum atomic E-state index is -3.24. The summed E-state index contributed by atoms with van der Waals surface area (Å²) in [5, 5.41) is 11.1. The topological polar surface area (TPSA) is 142 Å². The Morgan fingerprint density at radius 1 is 1.09 bits per heavy atom. The lowest BCUT2D eigenvalue weighted by Crippen LogP contribution is -2.51. The van der Waals surface area contributed by atoms with Gasteiger partial charge in [-0.1, -0.05) is 23.1 Å². The molecule has 2 saturated heterocycles. The third-order valence-electron chi connectivity index (χ3n) is 5.41. The van der Waals surface area contributed by atoms with Crippen molar-refractivity contribution in [3.05, 3.63) is 0 Å². The first kappa shape index (κ1) is 25.6. The van der Waals surface area contributed by atoms with Crippen LogP contribution >= 0.6 is 23.1 Å². The van der Waals surface area contributed by atoms with Crippen molar-refractivity contribution in [3.63, 3.8) is 0 Å². The number of rotatable bonds is 7. The van der Waals surface area contributed by atoms with Gasteiger partial charge in [-0.15, -0.1) is 10.2 Å². The van der Waals surface area contributed by atoms with Crippen LogP contribution in [0, 0.1) is 5.92 Å². The number of aromatic nitrogens is 2. The second-order valence-electron chi connectivity index (χ2n) is 7.65. The normalized spacial score (nSPS) is 18.2. The average molecular weight is 521 g/mol. The van der Waals surface area contributed by atoms with Crippen molar-refractivity contribution < 1.29 is 27.5 Å². The highest BCUT2D eigenvalue weighted by molar-refractivity contribution is 8.01. The van der Waals surface area contributed by atoms with Crippen molar-refractivity contribution >= 4 is 56.2 Å². The molecule has 184 valence electrons. The van der Waals surface area contributed by atoms with Gasteiger partial charge < -0.3 is 19.9 Å². The van der Waals surface area contributed by atoms with E-state index < -0.39 is 10.0 Å². The number of nitrogens with zero attached hydrogens (tertiary/aromatic N) is 5. The number of piperidine rings is 1. The maximum atomic E-state index is 12.5. The Labute approximate surface area is 201 Å². The fourth-order valence-corrected chi connectivity index (χ4v) is 6.08. The van der Waals surface area contributed by atoms with Crippen LogP contribution in [-0.4, -0.2) is 109 Å². The number of hydrogen-bond acceptors (Lipinski definition) is 10. The highest BCUT2D eigenvalue weighted by Gasteiger charge is 2.29. The zero-order chi connectivity index (χ0) is 24.0. The Morgan fingerprint density at radius 3 is 2.33 bits per heavy atom. The van der Waals surface area contributed by atoms with Crippen LogP contribution in [0.1, 0.15) is 19.8 Å². The fraction of sp³-hybridized carbons (Fsp3) is 0.722. The number of piperazine rings is 1. The Balaban J connectivity index is 1.40. The zero-order valence-corrected chi connectivity index (χ0v) is 21.0. The summed E-state index contributed by atoms with van der Waals surface area (Å²) in [5.74, 6) is -0.349. The predicted octanol–water partition coefficient (Wildman–Crippen LogP) is 0.541. The van der Waals surface area contributed by atoms with Gasteiger partial charge in [-0.05, 0) is 19.8 Å². The molecule has 3 heterocycles. The maximum Gasteiger partial charge on any atom is 0.409 e. The van der Waals surface area contributed by atoms with E-state index in [1.54, 1.807) is 16.7 Å². The number of nitrogens with one attached hydrogen (secondary N) is 1. The Kier molecular flexibility index (Phi) is 8.89. The number of anilines is 1. The van der Waals surface area contributed by atoms with Gasteiger partial charge in [0, 0.05) is 45.2 Å². The molecular formula is C18H28N6O6S3. The van der Waals surface area contributed by atoms with Crippen LogP contribution in [0.4, 0.5) is 9.93 Å². The van der Waals surface area contributed by atoms with Gasteiger partial charge >= 0.3 is 6.09 Å². The van der Waals surface area contributed by atoms with Crippen molar-refractivity contribution in [2.24, 2.45) is 5.92 Å². The molecule has 3 rings (SSSR count). The first-order valence-corrected chi connectivity index (χ1v) is 14.2. The van der Waals surface area contributed by atoms with E-state index in [1.165, 1.54) is 33.7 Å². The molecule has 15 heteroatoms. The van der Waals surface area contributed by atoms with Gasteiger partial charge in [-0.3, -0.25) is 9.59 Å². The first-order chi connectivity index (χ1) is 15.7. The van der Waals surface area contributed by atoms with Gasteiger partial charge in [0.15, 0.2) is 4.34 Å². The smallest absolute Gasteiger partial charge is 0.409 e. The Bertz CT molecular complexity index is 955. The molecule has 0 unspecified atom stereocenters. The standard InChI is InChI=1S/C18H28N6O6S3/c1-3-30-18(27)23-10-8-22(9-11-23)14(25)12-31-17-21-20-16(32-17)19-15(26)13-4-6-24(7-5-13)33(2,28)29/h13H,3-12H2,1-2H3,(H,19,20,26). The predicted molar refractivity (Wildman–Crippen MR) is 124 cm³/mol. The van der Waals surface area contributed by atoms with Crippen LogP contribution in [0.3, 0.4) is 0 Å². The monoisotopic (exact) mass is 520 g/mol. The van der Waals surface area contributed by atoms with E-state index in [4.69, 9.17) is 4.74 Å². The minimum Gasteiger partial charge on any atom is -0.450 e. The van der Waals surface area contributed by atoms with E-state index in [0.717, 1.165) is 0 Å². The van der Waals surface area contributed by atoms with Gasteiger partial charge in [0.1, 0.15) is 0 Å². The molecule has 2 aliphatic rings. The third kappa shape index (κ3) is 7.25. The van der Waals surface area contributed by atoms with Crippen LogP contribution in [0.25, 0.3) is 0 Å². The summed E-state index contributed by atoms with van der Waals surface area (Å²) >= 11 is 2.44. The van der Waals surface area contributed by atoms with Gasteiger partial charge in [-0.2, -0.15) is 0 Å². The van der Waals surface area contributed by atoms with Gasteiger partial charge in [0.25, 0.3) is 0 Å². The quantitative estimate of drug-likeness (QED) is 0.403. The number of hydrogen-bond donors (Lipinski definition) is 1. The second-order valence-corrected chi connectivity index (χ2v) is 11.8. The largest absolute Gasteiger partial charge is 0.450 e. The summed E-state index contributed by atoms with van der Waals surface area (Å²) in [6.07, 6.45) is 1.72. The lowest BCUT2D eigenvalue weighted by Gasteiger charge is -2.33. The number of carbonyl (C=O) groups excluding carboxylic acids is 3. The molecule has 0 atom stereocenters. The van der Waals surface area contributed by atoms with Crippen LogP contribution < -0.4 is 5.32 Å². The summed E-state index contributed by atoms with van der Waals surface area (Å²) in [6.45, 7) is 4.50. The van der Waals surface area contributed by atoms with Crippen molar-refractivity contribution in [1.29, 1.82) is 0 Å². The molecule has 1 N–H and O–H groups in total. The number of amides is 3. The molecular weight excluding hydrogens is 492 g/mol. The fourth-order valence-electron chi connectivity index (χ4n) is 3.54. The lowest BCUT2D eigenvalue weighted by molar-refractivity contribution is -0.129. The van der Waals surface area contributed by atoms with Crippen molar-refractivity contribution in [3.8, 4) is 0 Å². The maximum absolute atomic E-state index is 12.5. The molecule has 12 nitrogen and oxygen atoms in total. The van der Waals surface area contributed by atoms with E-state index >= 15 is 0 Å².